The quantitative estimate of drug-likeness (QED) is 0.223. The Hall–Kier alpha value is -4.99. The minimum absolute atomic E-state index is 0.00000504. The summed E-state index contributed by atoms with van der Waals surface area (Å²) in [5.41, 5.74) is 0.701. The number of nitrogens with one attached hydrogen (secondary N) is 1. The summed E-state index contributed by atoms with van der Waals surface area (Å²) in [6.07, 6.45) is 3.35. The molecule has 1 aliphatic heterocycles. The molecule has 0 saturated carbocycles. The number of para-hydroxylation sites is 1. The number of furan rings is 1. The highest BCUT2D eigenvalue weighted by atomic mass is 16.6. The molecule has 4 aromatic rings. The Balaban J connectivity index is 1.63. The number of nitro groups is 1. The Morgan fingerprint density at radius 2 is 1.97 bits per heavy atom. The third-order valence-electron chi connectivity index (χ3n) is 6.00. The molecule has 0 spiro atoms. The first-order chi connectivity index (χ1) is 17.4. The number of rotatable bonds is 7. The van der Waals surface area contributed by atoms with Gasteiger partial charge in [0, 0.05) is 34.7 Å². The fourth-order valence-corrected chi connectivity index (χ4v) is 4.36. The first kappa shape index (κ1) is 22.8. The van der Waals surface area contributed by atoms with E-state index in [1.54, 1.807) is 48.8 Å². The molecule has 0 radical (unpaired) electrons. The molecular weight excluding hydrogens is 466 g/mol. The molecule has 1 aliphatic rings. The van der Waals surface area contributed by atoms with Gasteiger partial charge in [0.1, 0.15) is 0 Å². The molecule has 0 saturated heterocycles. The average molecular weight is 485 g/mol. The van der Waals surface area contributed by atoms with Crippen molar-refractivity contribution < 1.29 is 33.8 Å². The number of carbonyl (C=O) groups is 2. The molecule has 1 atom stereocenters. The van der Waals surface area contributed by atoms with Crippen LogP contribution in [0.2, 0.25) is 0 Å². The number of hydrogen-bond donors (Lipinski definition) is 0. The number of nitro benzene ring substituents is 1. The van der Waals surface area contributed by atoms with Gasteiger partial charge in [0.2, 0.25) is 11.7 Å². The van der Waals surface area contributed by atoms with Crippen molar-refractivity contribution >= 4 is 28.3 Å². The highest BCUT2D eigenvalue weighted by molar-refractivity contribution is 6.16. The number of nitrogens with zero attached hydrogens (tertiary/aromatic N) is 2. The monoisotopic (exact) mass is 485 g/mol. The molecule has 3 heterocycles. The van der Waals surface area contributed by atoms with E-state index in [2.05, 4.69) is 4.98 Å². The van der Waals surface area contributed by atoms with Crippen LogP contribution in [-0.4, -0.2) is 28.6 Å². The van der Waals surface area contributed by atoms with Crippen molar-refractivity contribution in [1.82, 2.24) is 4.90 Å². The molecule has 2 aromatic carbocycles. The van der Waals surface area contributed by atoms with E-state index >= 15 is 0 Å². The summed E-state index contributed by atoms with van der Waals surface area (Å²) in [5.74, 6) is -2.37. The molecule has 10 heteroatoms. The van der Waals surface area contributed by atoms with Crippen LogP contribution in [0.1, 0.15) is 27.7 Å². The number of methoxy groups -OCH3 is 1. The summed E-state index contributed by atoms with van der Waals surface area (Å²) in [7, 11) is 1.46. The van der Waals surface area contributed by atoms with Crippen molar-refractivity contribution in [2.24, 2.45) is 0 Å². The van der Waals surface area contributed by atoms with Gasteiger partial charge in [-0.15, -0.1) is 0 Å². The summed E-state index contributed by atoms with van der Waals surface area (Å²) in [5, 5.41) is 25.2. The van der Waals surface area contributed by atoms with E-state index in [0.717, 1.165) is 0 Å². The van der Waals surface area contributed by atoms with Crippen molar-refractivity contribution in [2.45, 2.75) is 12.6 Å². The minimum atomic E-state index is -1.15. The van der Waals surface area contributed by atoms with Crippen molar-refractivity contribution in [1.29, 1.82) is 0 Å². The zero-order valence-corrected chi connectivity index (χ0v) is 19.0. The number of non-ortho nitro benzene ring substituents is 1. The van der Waals surface area contributed by atoms with Crippen molar-refractivity contribution in [2.75, 3.05) is 7.11 Å². The number of hydrogen-bond acceptors (Lipinski definition) is 7. The SMILES string of the molecule is COc1cccc2cc(C(=O)C3=C([O-])C(=O)N(Cc4ccc[nH+]c4)C3c3cccc([N+](=O)[O-])c3)oc12. The molecule has 5 rings (SSSR count). The highest BCUT2D eigenvalue weighted by Gasteiger charge is 2.41. The molecule has 1 unspecified atom stereocenters. The maximum Gasteiger partial charge on any atom is 0.269 e. The third kappa shape index (κ3) is 3.84. The maximum atomic E-state index is 13.7. The number of H-pyrrole nitrogens is 1. The van der Waals surface area contributed by atoms with Gasteiger partial charge in [-0.1, -0.05) is 24.3 Å². The first-order valence-corrected chi connectivity index (χ1v) is 10.9. The normalized spacial score (nSPS) is 15.5. The van der Waals surface area contributed by atoms with E-state index in [1.807, 2.05) is 0 Å². The second-order valence-electron chi connectivity index (χ2n) is 8.16. The Morgan fingerprint density at radius 1 is 1.17 bits per heavy atom. The van der Waals surface area contributed by atoms with E-state index in [1.165, 1.54) is 36.3 Å². The Bertz CT molecular complexity index is 1540. The van der Waals surface area contributed by atoms with E-state index in [9.17, 15) is 24.8 Å². The lowest BCUT2D eigenvalue weighted by Gasteiger charge is -2.27. The lowest BCUT2D eigenvalue weighted by molar-refractivity contribution is -0.385. The standard InChI is InChI=1S/C26H19N3O7/c1-35-19-9-3-7-17-12-20(36-25(17)19)23(30)21-22(16-6-2-8-18(11-16)29(33)34)28(26(32)24(21)31)14-15-5-4-10-27-13-15/h2-13,22,31H,14H2,1H3. The van der Waals surface area contributed by atoms with E-state index in [0.29, 0.717) is 22.3 Å². The summed E-state index contributed by atoms with van der Waals surface area (Å²) < 4.78 is 11.0. The lowest BCUT2D eigenvalue weighted by Crippen LogP contribution is -2.32. The third-order valence-corrected chi connectivity index (χ3v) is 6.00. The average Bonchev–Trinajstić information content (AvgIpc) is 3.44. The molecule has 180 valence electrons. The van der Waals surface area contributed by atoms with Gasteiger partial charge in [0.25, 0.3) is 5.69 Å². The van der Waals surface area contributed by atoms with Gasteiger partial charge in [-0.25, -0.2) is 4.98 Å². The fourth-order valence-electron chi connectivity index (χ4n) is 4.36. The van der Waals surface area contributed by atoms with Crippen LogP contribution in [0.15, 0.2) is 88.8 Å². The molecule has 0 aliphatic carbocycles. The number of benzene rings is 2. The molecule has 36 heavy (non-hydrogen) atoms. The van der Waals surface area contributed by atoms with Crippen LogP contribution in [-0.2, 0) is 11.3 Å². The van der Waals surface area contributed by atoms with Gasteiger partial charge in [-0.3, -0.25) is 19.7 Å². The van der Waals surface area contributed by atoms with Gasteiger partial charge in [0.05, 0.1) is 24.6 Å². The van der Waals surface area contributed by atoms with Crippen LogP contribution in [0, 0.1) is 10.1 Å². The van der Waals surface area contributed by atoms with Gasteiger partial charge in [-0.05, 0) is 29.5 Å². The number of ether oxygens (including phenoxy) is 1. The van der Waals surface area contributed by atoms with Gasteiger partial charge >= 0.3 is 0 Å². The van der Waals surface area contributed by atoms with Crippen LogP contribution in [0.3, 0.4) is 0 Å². The molecule has 10 nitrogen and oxygen atoms in total. The van der Waals surface area contributed by atoms with E-state index in [-0.39, 0.29) is 29.1 Å². The first-order valence-electron chi connectivity index (χ1n) is 10.9. The Labute approximate surface area is 204 Å². The molecule has 0 fully saturated rings. The van der Waals surface area contributed by atoms with Gasteiger partial charge in [0.15, 0.2) is 29.5 Å². The summed E-state index contributed by atoms with van der Waals surface area (Å²) >= 11 is 0. The van der Waals surface area contributed by atoms with Gasteiger partial charge < -0.3 is 19.2 Å². The number of aromatic amines is 1. The fraction of sp³-hybridized carbons (Fsp3) is 0.115. The van der Waals surface area contributed by atoms with E-state index in [4.69, 9.17) is 9.15 Å². The number of amides is 1. The highest BCUT2D eigenvalue weighted by Crippen LogP contribution is 2.41. The van der Waals surface area contributed by atoms with Crippen LogP contribution in [0.5, 0.6) is 5.75 Å². The zero-order chi connectivity index (χ0) is 25.4. The van der Waals surface area contributed by atoms with Crippen LogP contribution in [0.4, 0.5) is 5.69 Å². The molecule has 2 aromatic heterocycles. The van der Waals surface area contributed by atoms with E-state index < -0.39 is 28.4 Å². The van der Waals surface area contributed by atoms with Gasteiger partial charge in [-0.2, -0.15) is 0 Å². The number of Topliss-reactive ketones (excluding diaryl/α,β-unsaturated/α-hetero) is 1. The van der Waals surface area contributed by atoms with Crippen LogP contribution < -0.4 is 14.8 Å². The smallest absolute Gasteiger partial charge is 0.269 e. The molecule has 1 amide bonds. The van der Waals surface area contributed by atoms with Crippen LogP contribution in [0.25, 0.3) is 11.0 Å². The summed E-state index contributed by atoms with van der Waals surface area (Å²) in [4.78, 5) is 41.8. The van der Waals surface area contributed by atoms with Crippen molar-refractivity contribution in [3.05, 3.63) is 111 Å². The number of pyridine rings is 1. The minimum Gasteiger partial charge on any atom is -0.868 e. The number of aromatic nitrogens is 1. The summed E-state index contributed by atoms with van der Waals surface area (Å²) in [6, 6.07) is 14.5. The second-order valence-corrected chi connectivity index (χ2v) is 8.16. The van der Waals surface area contributed by atoms with Crippen molar-refractivity contribution in [3.63, 3.8) is 0 Å². The molecular formula is C26H19N3O7. The Kier molecular flexibility index (Phi) is 5.69. The molecule has 1 N–H and O–H groups in total. The molecule has 0 bridgehead atoms. The topological polar surface area (TPSA) is 140 Å². The zero-order valence-electron chi connectivity index (χ0n) is 19.0. The maximum absolute atomic E-state index is 13.7. The van der Waals surface area contributed by atoms with Crippen molar-refractivity contribution in [3.8, 4) is 5.75 Å². The van der Waals surface area contributed by atoms with Crippen LogP contribution >= 0.6 is 0 Å². The largest absolute Gasteiger partial charge is 0.868 e. The predicted octanol–water partition coefficient (Wildman–Crippen LogP) is 2.74. The number of ketones is 1. The summed E-state index contributed by atoms with van der Waals surface area (Å²) in [6.45, 7) is 0.00000504. The number of fused-ring (bicyclic) bond motifs is 1. The predicted molar refractivity (Wildman–Crippen MR) is 124 cm³/mol. The number of carbonyl (C=O) groups excluding carboxylic acids is 2. The Morgan fingerprint density at radius 3 is 2.69 bits per heavy atom. The second kappa shape index (κ2) is 8.99. The lowest BCUT2D eigenvalue weighted by atomic mass is 9.94.